The highest BCUT2D eigenvalue weighted by molar-refractivity contribution is 5.85. The summed E-state index contributed by atoms with van der Waals surface area (Å²) in [6, 6.07) is 5.53. The smallest absolute Gasteiger partial charge is 0.371 e. The summed E-state index contributed by atoms with van der Waals surface area (Å²) < 4.78 is 5.02. The third-order valence-electron chi connectivity index (χ3n) is 1.86. The number of carbonyl (C=O) groups is 1. The van der Waals surface area contributed by atoms with Crippen LogP contribution in [0.4, 0.5) is 0 Å². The van der Waals surface area contributed by atoms with Gasteiger partial charge in [-0.3, -0.25) is 4.79 Å². The topological polar surface area (TPSA) is 83.3 Å². The molecule has 2 aromatic rings. The molecule has 0 bridgehead atoms. The van der Waals surface area contributed by atoms with Gasteiger partial charge in [0.05, 0.1) is 5.69 Å². The highest BCUT2D eigenvalue weighted by atomic mass is 16.4. The van der Waals surface area contributed by atoms with Gasteiger partial charge in [-0.15, -0.1) is 0 Å². The second kappa shape index (κ2) is 3.45. The number of aromatic amines is 1. The van der Waals surface area contributed by atoms with Crippen molar-refractivity contribution >= 4 is 5.97 Å². The van der Waals surface area contributed by atoms with Crippen LogP contribution >= 0.6 is 0 Å². The normalized spacial score (nSPS) is 10.1. The van der Waals surface area contributed by atoms with Crippen molar-refractivity contribution < 1.29 is 14.3 Å². The van der Waals surface area contributed by atoms with Gasteiger partial charge in [0.25, 0.3) is 0 Å². The summed E-state index contributed by atoms with van der Waals surface area (Å²) in [4.78, 5) is 24.4. The van der Waals surface area contributed by atoms with Crippen LogP contribution in [0.3, 0.4) is 0 Å². The Balaban J connectivity index is 2.46. The van der Waals surface area contributed by atoms with Crippen LogP contribution in [0.5, 0.6) is 0 Å². The minimum Gasteiger partial charge on any atom is -0.475 e. The molecule has 0 aromatic carbocycles. The van der Waals surface area contributed by atoms with Crippen LogP contribution in [-0.4, -0.2) is 16.1 Å². The standard InChI is InChI=1S/C10H7NO4/c12-6-3-4-11-7(5-6)8-1-2-9(15-8)10(13)14/h1-5H,(H,11,12)(H,13,14). The van der Waals surface area contributed by atoms with Gasteiger partial charge in [0.1, 0.15) is 0 Å². The zero-order chi connectivity index (χ0) is 10.8. The molecule has 2 rings (SSSR count). The average Bonchev–Trinajstić information content (AvgIpc) is 2.66. The van der Waals surface area contributed by atoms with E-state index in [1.165, 1.54) is 30.5 Å². The third-order valence-corrected chi connectivity index (χ3v) is 1.86. The van der Waals surface area contributed by atoms with Crippen molar-refractivity contribution in [1.82, 2.24) is 4.98 Å². The first-order valence-electron chi connectivity index (χ1n) is 4.19. The Morgan fingerprint density at radius 3 is 2.73 bits per heavy atom. The molecule has 0 aliphatic rings. The number of hydrogen-bond acceptors (Lipinski definition) is 3. The lowest BCUT2D eigenvalue weighted by atomic mass is 10.3. The molecular formula is C10H7NO4. The maximum atomic E-state index is 11.0. The van der Waals surface area contributed by atoms with Gasteiger partial charge in [0, 0.05) is 18.3 Å². The van der Waals surface area contributed by atoms with Crippen LogP contribution in [-0.2, 0) is 0 Å². The Kier molecular flexibility index (Phi) is 2.13. The Bertz CT molecular complexity index is 552. The lowest BCUT2D eigenvalue weighted by Crippen LogP contribution is -1.97. The van der Waals surface area contributed by atoms with Gasteiger partial charge in [0.2, 0.25) is 5.76 Å². The lowest BCUT2D eigenvalue weighted by molar-refractivity contribution is 0.0663. The Morgan fingerprint density at radius 2 is 2.13 bits per heavy atom. The largest absolute Gasteiger partial charge is 0.475 e. The molecule has 0 aliphatic carbocycles. The van der Waals surface area contributed by atoms with E-state index >= 15 is 0 Å². The summed E-state index contributed by atoms with van der Waals surface area (Å²) in [5, 5.41) is 8.63. The maximum Gasteiger partial charge on any atom is 0.371 e. The van der Waals surface area contributed by atoms with Crippen molar-refractivity contribution in [3.8, 4) is 11.5 Å². The second-order valence-electron chi connectivity index (χ2n) is 2.91. The predicted octanol–water partition coefficient (Wildman–Crippen LogP) is 1.33. The number of hydrogen-bond donors (Lipinski definition) is 2. The first-order valence-corrected chi connectivity index (χ1v) is 4.19. The minimum absolute atomic E-state index is 0.158. The Morgan fingerprint density at radius 1 is 1.33 bits per heavy atom. The van der Waals surface area contributed by atoms with Gasteiger partial charge in [-0.2, -0.15) is 0 Å². The molecule has 0 radical (unpaired) electrons. The highest BCUT2D eigenvalue weighted by Gasteiger charge is 2.10. The number of carboxylic acids is 1. The number of aromatic nitrogens is 1. The van der Waals surface area contributed by atoms with E-state index in [9.17, 15) is 9.59 Å². The fourth-order valence-electron chi connectivity index (χ4n) is 1.19. The fourth-order valence-corrected chi connectivity index (χ4v) is 1.19. The van der Waals surface area contributed by atoms with E-state index in [0.29, 0.717) is 11.5 Å². The van der Waals surface area contributed by atoms with E-state index in [1.807, 2.05) is 0 Å². The minimum atomic E-state index is -1.14. The van der Waals surface area contributed by atoms with Gasteiger partial charge in [0.15, 0.2) is 11.2 Å². The number of aromatic carboxylic acids is 1. The molecule has 76 valence electrons. The zero-order valence-electron chi connectivity index (χ0n) is 7.56. The maximum absolute atomic E-state index is 11.0. The molecule has 0 aliphatic heterocycles. The number of furan rings is 1. The zero-order valence-corrected chi connectivity index (χ0v) is 7.56. The van der Waals surface area contributed by atoms with Crippen molar-refractivity contribution in [3.05, 3.63) is 46.4 Å². The van der Waals surface area contributed by atoms with Crippen LogP contribution < -0.4 is 5.43 Å². The van der Waals surface area contributed by atoms with E-state index in [1.54, 1.807) is 0 Å². The van der Waals surface area contributed by atoms with Gasteiger partial charge >= 0.3 is 5.97 Å². The van der Waals surface area contributed by atoms with Gasteiger partial charge in [-0.1, -0.05) is 0 Å². The van der Waals surface area contributed by atoms with Crippen molar-refractivity contribution in [1.29, 1.82) is 0 Å². The van der Waals surface area contributed by atoms with Crippen LogP contribution in [0.25, 0.3) is 11.5 Å². The van der Waals surface area contributed by atoms with E-state index in [4.69, 9.17) is 9.52 Å². The molecule has 2 heterocycles. The summed E-state index contributed by atoms with van der Waals surface area (Å²) in [7, 11) is 0. The van der Waals surface area contributed by atoms with Gasteiger partial charge < -0.3 is 14.5 Å². The fraction of sp³-hybridized carbons (Fsp3) is 0. The van der Waals surface area contributed by atoms with Crippen molar-refractivity contribution in [2.45, 2.75) is 0 Å². The van der Waals surface area contributed by atoms with Crippen LogP contribution in [0.1, 0.15) is 10.6 Å². The molecule has 0 atom stereocenters. The third kappa shape index (κ3) is 1.80. The van der Waals surface area contributed by atoms with Crippen LogP contribution in [0, 0.1) is 0 Å². The molecule has 0 amide bonds. The summed E-state index contributed by atoms with van der Waals surface area (Å²) in [6.45, 7) is 0. The van der Waals surface area contributed by atoms with Gasteiger partial charge in [-0.05, 0) is 12.1 Å². The second-order valence-corrected chi connectivity index (χ2v) is 2.91. The first-order chi connectivity index (χ1) is 7.16. The Labute approximate surface area is 84.0 Å². The molecule has 15 heavy (non-hydrogen) atoms. The first kappa shape index (κ1) is 9.26. The summed E-state index contributed by atoms with van der Waals surface area (Å²) in [5.41, 5.74) is 0.284. The quantitative estimate of drug-likeness (QED) is 0.774. The van der Waals surface area contributed by atoms with Crippen LogP contribution in [0.15, 0.2) is 39.7 Å². The van der Waals surface area contributed by atoms with E-state index in [-0.39, 0.29) is 11.2 Å². The number of pyridine rings is 1. The lowest BCUT2D eigenvalue weighted by Gasteiger charge is -1.94. The van der Waals surface area contributed by atoms with Gasteiger partial charge in [-0.25, -0.2) is 4.79 Å². The van der Waals surface area contributed by atoms with Crippen molar-refractivity contribution in [2.75, 3.05) is 0 Å². The number of H-pyrrole nitrogens is 1. The summed E-state index contributed by atoms with van der Waals surface area (Å²) >= 11 is 0. The molecule has 5 heteroatoms. The molecule has 2 aromatic heterocycles. The molecule has 0 saturated heterocycles. The molecule has 0 unspecified atom stereocenters. The number of rotatable bonds is 2. The number of nitrogens with one attached hydrogen (secondary N) is 1. The average molecular weight is 205 g/mol. The summed E-state index contributed by atoms with van der Waals surface area (Å²) in [6.07, 6.45) is 1.47. The van der Waals surface area contributed by atoms with Crippen LogP contribution in [0.2, 0.25) is 0 Å². The van der Waals surface area contributed by atoms with Crippen molar-refractivity contribution in [2.24, 2.45) is 0 Å². The molecule has 0 fully saturated rings. The SMILES string of the molecule is O=C(O)c1ccc(-c2cc(=O)cc[nH]2)o1. The Hall–Kier alpha value is -2.30. The monoisotopic (exact) mass is 205 g/mol. The molecule has 2 N–H and O–H groups in total. The number of carboxylic acid groups (broad SMARTS) is 1. The van der Waals surface area contributed by atoms with E-state index in [0.717, 1.165) is 0 Å². The van der Waals surface area contributed by atoms with Crippen molar-refractivity contribution in [3.63, 3.8) is 0 Å². The van der Waals surface area contributed by atoms with E-state index < -0.39 is 5.97 Å². The molecular weight excluding hydrogens is 198 g/mol. The predicted molar refractivity (Wildman–Crippen MR) is 51.7 cm³/mol. The molecule has 5 nitrogen and oxygen atoms in total. The van der Waals surface area contributed by atoms with E-state index in [2.05, 4.69) is 4.98 Å². The highest BCUT2D eigenvalue weighted by Crippen LogP contribution is 2.18. The molecule has 0 saturated carbocycles. The molecule has 0 spiro atoms. The summed E-state index contributed by atoms with van der Waals surface area (Å²) in [5.74, 6) is -0.973.